The molecule has 0 aliphatic heterocycles. The predicted octanol–water partition coefficient (Wildman–Crippen LogP) is 2.67. The van der Waals surface area contributed by atoms with E-state index >= 15 is 0 Å². The van der Waals surface area contributed by atoms with Gasteiger partial charge in [-0.2, -0.15) is 0 Å². The smallest absolute Gasteiger partial charge is 0.241 e. The normalized spacial score (nSPS) is 13.5. The van der Waals surface area contributed by atoms with E-state index in [2.05, 4.69) is 4.72 Å². The van der Waals surface area contributed by atoms with E-state index in [0.29, 0.717) is 17.7 Å². The lowest BCUT2D eigenvalue weighted by molar-refractivity contribution is 0.270. The van der Waals surface area contributed by atoms with E-state index in [-0.39, 0.29) is 12.6 Å². The number of aliphatic hydroxyl groups is 1. The van der Waals surface area contributed by atoms with E-state index in [1.807, 2.05) is 41.5 Å². The molecule has 1 aromatic rings. The Balaban J connectivity index is 3.39. The third kappa shape index (κ3) is 3.65. The lowest BCUT2D eigenvalue weighted by Gasteiger charge is -2.22. The van der Waals surface area contributed by atoms with Gasteiger partial charge in [0.2, 0.25) is 10.0 Å². The molecule has 4 nitrogen and oxygen atoms in total. The maximum atomic E-state index is 12.7. The minimum absolute atomic E-state index is 0.0229. The van der Waals surface area contributed by atoms with Crippen molar-refractivity contribution in [2.75, 3.05) is 6.61 Å². The van der Waals surface area contributed by atoms with E-state index < -0.39 is 10.0 Å². The van der Waals surface area contributed by atoms with Gasteiger partial charge in [0.25, 0.3) is 0 Å². The molecule has 1 rings (SSSR count). The molecule has 0 heterocycles. The zero-order chi connectivity index (χ0) is 16.4. The monoisotopic (exact) mass is 313 g/mol. The summed E-state index contributed by atoms with van der Waals surface area (Å²) in [5.41, 5.74) is 4.80. The van der Waals surface area contributed by atoms with Crippen LogP contribution in [0.4, 0.5) is 0 Å². The van der Waals surface area contributed by atoms with Gasteiger partial charge in [0.1, 0.15) is 0 Å². The third-order valence-electron chi connectivity index (χ3n) is 4.49. The van der Waals surface area contributed by atoms with Crippen molar-refractivity contribution >= 4 is 10.0 Å². The second kappa shape index (κ2) is 6.90. The van der Waals surface area contributed by atoms with Crippen LogP contribution in [0.25, 0.3) is 0 Å². The molecule has 0 fully saturated rings. The second-order valence-corrected chi connectivity index (χ2v) is 7.34. The van der Waals surface area contributed by atoms with Gasteiger partial charge in [0.05, 0.1) is 4.90 Å². The average Bonchev–Trinajstić information content (AvgIpc) is 2.42. The molecule has 0 aromatic heterocycles. The molecule has 1 unspecified atom stereocenters. The van der Waals surface area contributed by atoms with Crippen molar-refractivity contribution in [2.24, 2.45) is 0 Å². The maximum absolute atomic E-state index is 12.7. The van der Waals surface area contributed by atoms with Crippen molar-refractivity contribution in [2.45, 2.75) is 65.3 Å². The van der Waals surface area contributed by atoms with Crippen molar-refractivity contribution in [3.05, 3.63) is 27.8 Å². The van der Waals surface area contributed by atoms with Gasteiger partial charge in [0.15, 0.2) is 0 Å². The summed E-state index contributed by atoms with van der Waals surface area (Å²) in [5.74, 6) is 0. The average molecular weight is 313 g/mol. The molecule has 1 atom stereocenters. The number of hydrogen-bond acceptors (Lipinski definition) is 3. The van der Waals surface area contributed by atoms with E-state index in [9.17, 15) is 8.42 Å². The minimum atomic E-state index is -3.58. The van der Waals surface area contributed by atoms with E-state index in [0.717, 1.165) is 27.8 Å². The highest BCUT2D eigenvalue weighted by atomic mass is 32.2. The number of rotatable bonds is 6. The topological polar surface area (TPSA) is 66.4 Å². The van der Waals surface area contributed by atoms with E-state index in [4.69, 9.17) is 5.11 Å². The standard InChI is InChI=1S/C16H27NO3S/c1-7-15(8-9-18)17-21(19,20)16-13(5)11(3)10(2)12(4)14(16)6/h15,17-18H,7-9H2,1-6H3. The number of aliphatic hydroxyl groups excluding tert-OH is 1. The van der Waals surface area contributed by atoms with Crippen LogP contribution in [0, 0.1) is 34.6 Å². The molecule has 0 aliphatic carbocycles. The number of benzene rings is 1. The summed E-state index contributed by atoms with van der Waals surface area (Å²) in [6, 6.07) is -0.235. The summed E-state index contributed by atoms with van der Waals surface area (Å²) >= 11 is 0. The van der Waals surface area contributed by atoms with Gasteiger partial charge < -0.3 is 5.11 Å². The Morgan fingerprint density at radius 2 is 1.38 bits per heavy atom. The molecule has 120 valence electrons. The lowest BCUT2D eigenvalue weighted by atomic mass is 9.95. The molecular weight excluding hydrogens is 286 g/mol. The van der Waals surface area contributed by atoms with Crippen molar-refractivity contribution < 1.29 is 13.5 Å². The van der Waals surface area contributed by atoms with Crippen molar-refractivity contribution in [3.63, 3.8) is 0 Å². The fourth-order valence-electron chi connectivity index (χ4n) is 2.65. The van der Waals surface area contributed by atoms with Crippen LogP contribution in [-0.4, -0.2) is 26.2 Å². The molecular formula is C16H27NO3S. The maximum Gasteiger partial charge on any atom is 0.241 e. The fourth-order valence-corrected chi connectivity index (χ4v) is 4.60. The first-order chi connectivity index (χ1) is 9.67. The molecule has 0 bridgehead atoms. The summed E-state index contributed by atoms with van der Waals surface area (Å²) in [4.78, 5) is 0.388. The number of sulfonamides is 1. The predicted molar refractivity (Wildman–Crippen MR) is 86.2 cm³/mol. The van der Waals surface area contributed by atoms with Crippen LogP contribution in [0.2, 0.25) is 0 Å². The molecule has 0 saturated heterocycles. The summed E-state index contributed by atoms with van der Waals surface area (Å²) in [5, 5.41) is 9.03. The molecule has 2 N–H and O–H groups in total. The summed E-state index contributed by atoms with van der Waals surface area (Å²) < 4.78 is 28.2. The Bertz CT molecular complexity index is 592. The molecule has 0 aliphatic rings. The summed E-state index contributed by atoms with van der Waals surface area (Å²) in [7, 11) is -3.58. The molecule has 0 spiro atoms. The molecule has 0 amide bonds. The third-order valence-corrected chi connectivity index (χ3v) is 6.29. The summed E-state index contributed by atoms with van der Waals surface area (Å²) in [6.45, 7) is 11.5. The fraction of sp³-hybridized carbons (Fsp3) is 0.625. The Hall–Kier alpha value is -0.910. The van der Waals surface area contributed by atoms with Gasteiger partial charge in [-0.25, -0.2) is 13.1 Å². The van der Waals surface area contributed by atoms with Crippen molar-refractivity contribution in [1.82, 2.24) is 4.72 Å². The van der Waals surface area contributed by atoms with Crippen LogP contribution in [0.5, 0.6) is 0 Å². The second-order valence-electron chi connectivity index (χ2n) is 5.69. The SMILES string of the molecule is CCC(CCO)NS(=O)(=O)c1c(C)c(C)c(C)c(C)c1C. The molecule has 1 aromatic carbocycles. The van der Waals surface area contributed by atoms with Crippen LogP contribution >= 0.6 is 0 Å². The highest BCUT2D eigenvalue weighted by molar-refractivity contribution is 7.89. The van der Waals surface area contributed by atoms with Gasteiger partial charge in [-0.3, -0.25) is 0 Å². The highest BCUT2D eigenvalue weighted by Crippen LogP contribution is 2.29. The first-order valence-electron chi connectivity index (χ1n) is 7.37. The van der Waals surface area contributed by atoms with Gasteiger partial charge >= 0.3 is 0 Å². The van der Waals surface area contributed by atoms with Gasteiger partial charge in [-0.05, 0) is 75.3 Å². The van der Waals surface area contributed by atoms with E-state index in [1.165, 1.54) is 0 Å². The molecule has 5 heteroatoms. The van der Waals surface area contributed by atoms with Crippen LogP contribution < -0.4 is 4.72 Å². The Morgan fingerprint density at radius 3 is 1.76 bits per heavy atom. The molecule has 21 heavy (non-hydrogen) atoms. The zero-order valence-corrected chi connectivity index (χ0v) is 14.7. The molecule has 0 radical (unpaired) electrons. The summed E-state index contributed by atoms with van der Waals surface area (Å²) in [6.07, 6.45) is 1.08. The van der Waals surface area contributed by atoms with Gasteiger partial charge in [-0.15, -0.1) is 0 Å². The van der Waals surface area contributed by atoms with Crippen molar-refractivity contribution in [3.8, 4) is 0 Å². The quantitative estimate of drug-likeness (QED) is 0.848. The van der Waals surface area contributed by atoms with E-state index in [1.54, 1.807) is 0 Å². The Morgan fingerprint density at radius 1 is 0.952 bits per heavy atom. The zero-order valence-electron chi connectivity index (χ0n) is 13.9. The number of nitrogens with one attached hydrogen (secondary N) is 1. The first kappa shape index (κ1) is 18.1. The van der Waals surface area contributed by atoms with Crippen LogP contribution in [0.3, 0.4) is 0 Å². The highest BCUT2D eigenvalue weighted by Gasteiger charge is 2.25. The Labute approximate surface area is 128 Å². The van der Waals surface area contributed by atoms with Crippen LogP contribution in [0.15, 0.2) is 4.90 Å². The first-order valence-corrected chi connectivity index (χ1v) is 8.85. The van der Waals surface area contributed by atoms with Crippen molar-refractivity contribution in [1.29, 1.82) is 0 Å². The van der Waals surface area contributed by atoms with Crippen LogP contribution in [-0.2, 0) is 10.0 Å². The largest absolute Gasteiger partial charge is 0.396 e. The Kier molecular flexibility index (Phi) is 5.96. The lowest BCUT2D eigenvalue weighted by Crippen LogP contribution is -2.36. The van der Waals surface area contributed by atoms with Gasteiger partial charge in [-0.1, -0.05) is 6.92 Å². The van der Waals surface area contributed by atoms with Gasteiger partial charge in [0, 0.05) is 12.6 Å². The molecule has 0 saturated carbocycles. The minimum Gasteiger partial charge on any atom is -0.396 e. The van der Waals surface area contributed by atoms with Crippen LogP contribution in [0.1, 0.15) is 47.6 Å². The number of hydrogen-bond donors (Lipinski definition) is 2.